The molecule has 0 unspecified atom stereocenters. The predicted molar refractivity (Wildman–Crippen MR) is 74.7 cm³/mol. The van der Waals surface area contributed by atoms with Crippen molar-refractivity contribution in [3.63, 3.8) is 0 Å². The fraction of sp³-hybridized carbons (Fsp3) is 0.438. The number of carbonyl (C=O) groups is 1. The molecule has 1 amide bonds. The monoisotopic (exact) mass is 275 g/mol. The Morgan fingerprint density at radius 1 is 1.50 bits per heavy atom. The van der Waals surface area contributed by atoms with Gasteiger partial charge in [0.25, 0.3) is 5.91 Å². The quantitative estimate of drug-likeness (QED) is 0.797. The molecule has 1 fully saturated rings. The van der Waals surface area contributed by atoms with Gasteiger partial charge in [-0.25, -0.2) is 4.39 Å². The van der Waals surface area contributed by atoms with E-state index in [1.807, 2.05) is 0 Å². The van der Waals surface area contributed by atoms with E-state index < -0.39 is 5.82 Å². The van der Waals surface area contributed by atoms with Gasteiger partial charge in [0, 0.05) is 18.7 Å². The zero-order valence-corrected chi connectivity index (χ0v) is 11.7. The van der Waals surface area contributed by atoms with Gasteiger partial charge in [-0.1, -0.05) is 25.7 Å². The van der Waals surface area contributed by atoms with Gasteiger partial charge in [0.2, 0.25) is 0 Å². The van der Waals surface area contributed by atoms with Gasteiger partial charge >= 0.3 is 0 Å². The van der Waals surface area contributed by atoms with Gasteiger partial charge in [0.05, 0.1) is 5.56 Å². The lowest BCUT2D eigenvalue weighted by molar-refractivity contribution is 0.0778. The maximum Gasteiger partial charge on any atom is 0.253 e. The first kappa shape index (κ1) is 14.5. The molecule has 1 aromatic carbocycles. The van der Waals surface area contributed by atoms with Gasteiger partial charge < -0.3 is 10.0 Å². The summed E-state index contributed by atoms with van der Waals surface area (Å²) in [5.41, 5.74) is 0.660. The van der Waals surface area contributed by atoms with E-state index in [4.69, 9.17) is 5.11 Å². The van der Waals surface area contributed by atoms with E-state index in [0.29, 0.717) is 18.7 Å². The standard InChI is InChI=1S/C16H18FNO2/c1-16(2)7-8-18(11-16)15(20)13-6-5-12(4-3-9-19)14(17)10-13/h5-6,10,19H,7-9,11H2,1-2H3. The van der Waals surface area contributed by atoms with E-state index in [9.17, 15) is 9.18 Å². The van der Waals surface area contributed by atoms with Crippen molar-refractivity contribution in [3.8, 4) is 11.8 Å². The minimum Gasteiger partial charge on any atom is -0.384 e. The number of halogens is 1. The number of amides is 1. The zero-order chi connectivity index (χ0) is 14.8. The second-order valence-corrected chi connectivity index (χ2v) is 5.80. The first-order valence-electron chi connectivity index (χ1n) is 6.61. The molecule has 4 heteroatoms. The highest BCUT2D eigenvalue weighted by Gasteiger charge is 2.32. The summed E-state index contributed by atoms with van der Waals surface area (Å²) < 4.78 is 13.8. The SMILES string of the molecule is CC1(C)CCN(C(=O)c2ccc(C#CCO)c(F)c2)C1. The maximum absolute atomic E-state index is 13.8. The molecule has 0 bridgehead atoms. The van der Waals surface area contributed by atoms with Gasteiger partial charge in [-0.2, -0.15) is 0 Å². The Hall–Kier alpha value is -1.86. The van der Waals surface area contributed by atoms with E-state index in [2.05, 4.69) is 25.7 Å². The molecule has 20 heavy (non-hydrogen) atoms. The average Bonchev–Trinajstić information content (AvgIpc) is 2.77. The van der Waals surface area contributed by atoms with E-state index >= 15 is 0 Å². The number of nitrogens with zero attached hydrogens (tertiary/aromatic N) is 1. The fourth-order valence-corrected chi connectivity index (χ4v) is 2.35. The minimum atomic E-state index is -0.532. The van der Waals surface area contributed by atoms with Crippen LogP contribution in [0.3, 0.4) is 0 Å². The summed E-state index contributed by atoms with van der Waals surface area (Å²) in [6.45, 7) is 5.32. The molecule has 0 spiro atoms. The van der Waals surface area contributed by atoms with Crippen LogP contribution in [0, 0.1) is 23.1 Å². The Morgan fingerprint density at radius 2 is 2.25 bits per heavy atom. The molecular weight excluding hydrogens is 257 g/mol. The first-order chi connectivity index (χ1) is 9.43. The first-order valence-corrected chi connectivity index (χ1v) is 6.61. The van der Waals surface area contributed by atoms with Crippen molar-refractivity contribution in [1.82, 2.24) is 4.90 Å². The number of hydrogen-bond donors (Lipinski definition) is 1. The highest BCUT2D eigenvalue weighted by molar-refractivity contribution is 5.94. The Balaban J connectivity index is 2.18. The van der Waals surface area contributed by atoms with E-state index in [1.54, 1.807) is 11.0 Å². The van der Waals surface area contributed by atoms with Crippen molar-refractivity contribution < 1.29 is 14.3 Å². The van der Waals surface area contributed by atoms with Gasteiger partial charge in [-0.05, 0) is 30.0 Å². The van der Waals surface area contributed by atoms with Crippen LogP contribution >= 0.6 is 0 Å². The van der Waals surface area contributed by atoms with Crippen LogP contribution in [0.4, 0.5) is 4.39 Å². The van der Waals surface area contributed by atoms with Crippen LogP contribution in [0.5, 0.6) is 0 Å². The van der Waals surface area contributed by atoms with E-state index in [-0.39, 0.29) is 23.5 Å². The summed E-state index contributed by atoms with van der Waals surface area (Å²) in [7, 11) is 0. The van der Waals surface area contributed by atoms with Gasteiger partial charge in [-0.3, -0.25) is 4.79 Å². The molecule has 106 valence electrons. The molecule has 0 radical (unpaired) electrons. The molecule has 1 N–H and O–H groups in total. The van der Waals surface area contributed by atoms with Crippen LogP contribution < -0.4 is 0 Å². The highest BCUT2D eigenvalue weighted by Crippen LogP contribution is 2.29. The van der Waals surface area contributed by atoms with Crippen molar-refractivity contribution in [1.29, 1.82) is 0 Å². The van der Waals surface area contributed by atoms with Gasteiger partial charge in [0.15, 0.2) is 0 Å². The second-order valence-electron chi connectivity index (χ2n) is 5.80. The molecule has 1 heterocycles. The number of aliphatic hydroxyl groups is 1. The number of hydrogen-bond acceptors (Lipinski definition) is 2. The topological polar surface area (TPSA) is 40.5 Å². The molecule has 1 aliphatic rings. The van der Waals surface area contributed by atoms with Crippen LogP contribution in [0.25, 0.3) is 0 Å². The number of benzene rings is 1. The summed E-state index contributed by atoms with van der Waals surface area (Å²) in [5, 5.41) is 8.60. The Morgan fingerprint density at radius 3 is 2.80 bits per heavy atom. The average molecular weight is 275 g/mol. The lowest BCUT2D eigenvalue weighted by Gasteiger charge is -2.20. The van der Waals surface area contributed by atoms with E-state index in [1.165, 1.54) is 12.1 Å². The van der Waals surface area contributed by atoms with Crippen molar-refractivity contribution in [2.75, 3.05) is 19.7 Å². The molecule has 1 saturated heterocycles. The van der Waals surface area contributed by atoms with Crippen LogP contribution in [-0.4, -0.2) is 35.6 Å². The second kappa shape index (κ2) is 5.64. The summed E-state index contributed by atoms with van der Waals surface area (Å²) >= 11 is 0. The number of likely N-dealkylation sites (tertiary alicyclic amines) is 1. The van der Waals surface area contributed by atoms with Crippen LogP contribution in [0.2, 0.25) is 0 Å². The number of aliphatic hydroxyl groups excluding tert-OH is 1. The molecule has 0 saturated carbocycles. The largest absolute Gasteiger partial charge is 0.384 e. The third-order valence-electron chi connectivity index (χ3n) is 3.48. The Kier molecular flexibility index (Phi) is 4.10. The zero-order valence-electron chi connectivity index (χ0n) is 11.7. The van der Waals surface area contributed by atoms with Gasteiger partial charge in [0.1, 0.15) is 12.4 Å². The summed E-state index contributed by atoms with van der Waals surface area (Å²) in [6.07, 6.45) is 0.960. The smallest absolute Gasteiger partial charge is 0.253 e. The number of rotatable bonds is 1. The normalized spacial score (nSPS) is 16.7. The molecule has 1 aromatic rings. The molecular formula is C16H18FNO2. The molecule has 0 aliphatic carbocycles. The molecule has 0 atom stereocenters. The van der Waals surface area contributed by atoms with Crippen molar-refractivity contribution >= 4 is 5.91 Å². The minimum absolute atomic E-state index is 0.126. The Labute approximate surface area is 118 Å². The molecule has 1 aliphatic heterocycles. The van der Waals surface area contributed by atoms with Crippen LogP contribution in [0.1, 0.15) is 36.2 Å². The third kappa shape index (κ3) is 3.17. The molecule has 0 aromatic heterocycles. The van der Waals surface area contributed by atoms with Gasteiger partial charge in [-0.15, -0.1) is 0 Å². The summed E-state index contributed by atoms with van der Waals surface area (Å²) in [4.78, 5) is 14.1. The lowest BCUT2D eigenvalue weighted by atomic mass is 9.93. The van der Waals surface area contributed by atoms with E-state index in [0.717, 1.165) is 6.42 Å². The maximum atomic E-state index is 13.8. The molecule has 2 rings (SSSR count). The van der Waals surface area contributed by atoms with Crippen molar-refractivity contribution in [2.45, 2.75) is 20.3 Å². The predicted octanol–water partition coefficient (Wildman–Crippen LogP) is 2.04. The number of carbonyl (C=O) groups excluding carboxylic acids is 1. The highest BCUT2D eigenvalue weighted by atomic mass is 19.1. The van der Waals surface area contributed by atoms with Crippen molar-refractivity contribution in [2.24, 2.45) is 5.41 Å². The molecule has 3 nitrogen and oxygen atoms in total. The van der Waals surface area contributed by atoms with Crippen LogP contribution in [0.15, 0.2) is 18.2 Å². The summed E-state index contributed by atoms with van der Waals surface area (Å²) in [5.74, 6) is 4.23. The summed E-state index contributed by atoms with van der Waals surface area (Å²) in [6, 6.07) is 4.28. The lowest BCUT2D eigenvalue weighted by Crippen LogP contribution is -2.30. The van der Waals surface area contributed by atoms with Crippen LogP contribution in [-0.2, 0) is 0 Å². The van der Waals surface area contributed by atoms with Crippen molar-refractivity contribution in [3.05, 3.63) is 35.1 Å². The Bertz CT molecular complexity index is 584. The third-order valence-corrected chi connectivity index (χ3v) is 3.48. The fourth-order valence-electron chi connectivity index (χ4n) is 2.35.